The molecule has 4 aromatic rings. The molecular weight excluding hydrogens is 398 g/mol. The van der Waals surface area contributed by atoms with E-state index in [1.165, 1.54) is 10.2 Å². The zero-order valence-corrected chi connectivity index (χ0v) is 17.8. The van der Waals surface area contributed by atoms with Crippen molar-refractivity contribution in [3.63, 3.8) is 0 Å². The molecule has 2 aromatic carbocycles. The molecule has 154 valence electrons. The van der Waals surface area contributed by atoms with Crippen LogP contribution in [0.25, 0.3) is 11.0 Å². The van der Waals surface area contributed by atoms with Gasteiger partial charge in [-0.05, 0) is 51.1 Å². The van der Waals surface area contributed by atoms with Gasteiger partial charge in [-0.3, -0.25) is 0 Å². The molecular formula is C22H23N5O2S. The predicted octanol–water partition coefficient (Wildman–Crippen LogP) is 4.54. The maximum Gasteiger partial charge on any atom is 0.269 e. The van der Waals surface area contributed by atoms with Gasteiger partial charge in [-0.25, -0.2) is 12.4 Å². The summed E-state index contributed by atoms with van der Waals surface area (Å²) in [5.74, 6) is 0.891. The van der Waals surface area contributed by atoms with Gasteiger partial charge in [0.05, 0.1) is 10.3 Å². The fourth-order valence-electron chi connectivity index (χ4n) is 3.10. The van der Waals surface area contributed by atoms with Gasteiger partial charge in [0.25, 0.3) is 10.0 Å². The second kappa shape index (κ2) is 7.79. The van der Waals surface area contributed by atoms with Crippen molar-refractivity contribution < 1.29 is 8.42 Å². The molecule has 0 aliphatic rings. The van der Waals surface area contributed by atoms with E-state index in [9.17, 15) is 8.42 Å². The summed E-state index contributed by atoms with van der Waals surface area (Å²) in [6, 6.07) is 18.1. The van der Waals surface area contributed by atoms with E-state index >= 15 is 0 Å². The minimum Gasteiger partial charge on any atom is -0.367 e. The Bertz CT molecular complexity index is 1280. The molecule has 0 spiro atoms. The minimum atomic E-state index is -3.80. The topological polar surface area (TPSA) is 88.9 Å². The van der Waals surface area contributed by atoms with Crippen LogP contribution in [0.2, 0.25) is 0 Å². The molecule has 30 heavy (non-hydrogen) atoms. The number of aromatic nitrogens is 3. The van der Waals surface area contributed by atoms with Gasteiger partial charge < -0.3 is 10.6 Å². The maximum atomic E-state index is 13.3. The number of nitrogens with zero attached hydrogens (tertiary/aromatic N) is 3. The Morgan fingerprint density at radius 2 is 1.63 bits per heavy atom. The van der Waals surface area contributed by atoms with Gasteiger partial charge in [-0.2, -0.15) is 9.97 Å². The van der Waals surface area contributed by atoms with Crippen molar-refractivity contribution in [1.82, 2.24) is 13.9 Å². The van der Waals surface area contributed by atoms with Crippen molar-refractivity contribution in [1.29, 1.82) is 0 Å². The van der Waals surface area contributed by atoms with Crippen molar-refractivity contribution in [2.45, 2.75) is 31.7 Å². The first-order chi connectivity index (χ1) is 14.3. The fraction of sp³-hybridized carbons (Fsp3) is 0.182. The Balaban J connectivity index is 1.87. The first kappa shape index (κ1) is 19.9. The Morgan fingerprint density at radius 3 is 2.30 bits per heavy atom. The van der Waals surface area contributed by atoms with Gasteiger partial charge in [-0.15, -0.1) is 0 Å². The Labute approximate surface area is 175 Å². The highest BCUT2D eigenvalue weighted by Gasteiger charge is 2.22. The molecule has 8 heteroatoms. The molecule has 0 radical (unpaired) electrons. The molecule has 2 heterocycles. The minimum absolute atomic E-state index is 0.115. The van der Waals surface area contributed by atoms with Crippen molar-refractivity contribution in [2.75, 3.05) is 10.6 Å². The number of anilines is 3. The molecule has 0 aliphatic heterocycles. The second-order valence-electron chi connectivity index (χ2n) is 7.35. The van der Waals surface area contributed by atoms with Crippen molar-refractivity contribution >= 4 is 38.5 Å². The summed E-state index contributed by atoms with van der Waals surface area (Å²) < 4.78 is 27.8. The molecule has 4 rings (SSSR count). The molecule has 0 aliphatic carbocycles. The number of hydrogen-bond acceptors (Lipinski definition) is 6. The molecule has 0 fully saturated rings. The average molecular weight is 422 g/mol. The van der Waals surface area contributed by atoms with Crippen molar-refractivity contribution in [3.8, 4) is 0 Å². The number of fused-ring (bicyclic) bond motifs is 1. The van der Waals surface area contributed by atoms with E-state index in [1.54, 1.807) is 30.3 Å². The molecule has 0 bridgehead atoms. The Morgan fingerprint density at radius 1 is 0.933 bits per heavy atom. The largest absolute Gasteiger partial charge is 0.367 e. The molecule has 0 unspecified atom stereocenters. The van der Waals surface area contributed by atoms with Crippen molar-refractivity contribution in [2.24, 2.45) is 0 Å². The maximum absolute atomic E-state index is 13.3. The monoisotopic (exact) mass is 421 g/mol. The normalized spacial score (nSPS) is 11.7. The van der Waals surface area contributed by atoms with Gasteiger partial charge in [0.1, 0.15) is 5.82 Å². The molecule has 2 N–H and O–H groups in total. The van der Waals surface area contributed by atoms with Gasteiger partial charge >= 0.3 is 0 Å². The van der Waals surface area contributed by atoms with E-state index in [0.717, 1.165) is 11.3 Å². The number of rotatable bonds is 6. The molecule has 0 saturated heterocycles. The smallest absolute Gasteiger partial charge is 0.269 e. The quantitative estimate of drug-likeness (QED) is 0.475. The standard InChI is InChI=1S/C22H23N5O2S/c1-15(2)23-20-19-13-14-27(30(28,29)18-11-9-16(3)10-12-18)21(19)26-22(25-20)24-17-7-5-4-6-8-17/h4-15H,1-3H3,(H2,23,24,25,26). The van der Waals surface area contributed by atoms with E-state index in [-0.39, 0.29) is 10.9 Å². The zero-order chi connectivity index (χ0) is 21.3. The lowest BCUT2D eigenvalue weighted by molar-refractivity contribution is 0.589. The lowest BCUT2D eigenvalue weighted by Gasteiger charge is -2.14. The summed E-state index contributed by atoms with van der Waals surface area (Å²) in [5, 5.41) is 7.08. The number of aryl methyl sites for hydroxylation is 1. The third kappa shape index (κ3) is 3.86. The van der Waals surface area contributed by atoms with E-state index in [1.807, 2.05) is 51.1 Å². The van der Waals surface area contributed by atoms with E-state index in [0.29, 0.717) is 22.8 Å². The van der Waals surface area contributed by atoms with Crippen LogP contribution < -0.4 is 10.6 Å². The van der Waals surface area contributed by atoms with Crippen molar-refractivity contribution in [3.05, 3.63) is 72.4 Å². The molecule has 0 saturated carbocycles. The summed E-state index contributed by atoms with van der Waals surface area (Å²) in [5.41, 5.74) is 2.12. The van der Waals surface area contributed by atoms with Crippen LogP contribution in [0.5, 0.6) is 0 Å². The molecule has 7 nitrogen and oxygen atoms in total. The SMILES string of the molecule is Cc1ccc(S(=O)(=O)n2ccc3c(NC(C)C)nc(Nc4ccccc4)nc32)cc1. The van der Waals surface area contributed by atoms with Gasteiger partial charge in [0.2, 0.25) is 5.95 Å². The van der Waals surface area contributed by atoms with Crippen LogP contribution in [0.3, 0.4) is 0 Å². The summed E-state index contributed by atoms with van der Waals surface area (Å²) in [6.45, 7) is 5.91. The number of nitrogens with one attached hydrogen (secondary N) is 2. The van der Waals surface area contributed by atoms with Gasteiger partial charge in [0.15, 0.2) is 5.65 Å². The summed E-state index contributed by atoms with van der Waals surface area (Å²) >= 11 is 0. The van der Waals surface area contributed by atoms with Crippen LogP contribution in [0.4, 0.5) is 17.5 Å². The average Bonchev–Trinajstić information content (AvgIpc) is 3.14. The highest BCUT2D eigenvalue weighted by Crippen LogP contribution is 2.28. The van der Waals surface area contributed by atoms with Crippen LogP contribution in [0.1, 0.15) is 19.4 Å². The Kier molecular flexibility index (Phi) is 5.17. The zero-order valence-electron chi connectivity index (χ0n) is 17.0. The molecule has 0 atom stereocenters. The van der Waals surface area contributed by atoms with E-state index in [4.69, 9.17) is 0 Å². The highest BCUT2D eigenvalue weighted by molar-refractivity contribution is 7.90. The summed E-state index contributed by atoms with van der Waals surface area (Å²) in [4.78, 5) is 9.31. The van der Waals surface area contributed by atoms with Crippen LogP contribution in [-0.4, -0.2) is 28.4 Å². The highest BCUT2D eigenvalue weighted by atomic mass is 32.2. The first-order valence-corrected chi connectivity index (χ1v) is 11.1. The number of benzene rings is 2. The summed E-state index contributed by atoms with van der Waals surface area (Å²) in [7, 11) is -3.80. The van der Waals surface area contributed by atoms with Gasteiger partial charge in [-0.1, -0.05) is 35.9 Å². The third-order valence-electron chi connectivity index (χ3n) is 4.54. The predicted molar refractivity (Wildman–Crippen MR) is 120 cm³/mol. The van der Waals surface area contributed by atoms with Crippen LogP contribution in [-0.2, 0) is 10.0 Å². The number of para-hydroxylation sites is 1. The lowest BCUT2D eigenvalue weighted by Crippen LogP contribution is -2.15. The lowest BCUT2D eigenvalue weighted by atomic mass is 10.2. The molecule has 2 aromatic heterocycles. The van der Waals surface area contributed by atoms with Crippen LogP contribution in [0.15, 0.2) is 71.8 Å². The second-order valence-corrected chi connectivity index (χ2v) is 9.17. The van der Waals surface area contributed by atoms with E-state index in [2.05, 4.69) is 20.6 Å². The van der Waals surface area contributed by atoms with Crippen LogP contribution >= 0.6 is 0 Å². The Hall–Kier alpha value is -3.39. The summed E-state index contributed by atoms with van der Waals surface area (Å²) in [6.07, 6.45) is 1.52. The van der Waals surface area contributed by atoms with E-state index < -0.39 is 10.0 Å². The van der Waals surface area contributed by atoms with Crippen LogP contribution in [0, 0.1) is 6.92 Å². The number of hydrogen-bond donors (Lipinski definition) is 2. The first-order valence-electron chi connectivity index (χ1n) is 9.64. The molecule has 0 amide bonds. The van der Waals surface area contributed by atoms with Gasteiger partial charge in [0, 0.05) is 17.9 Å². The fourth-order valence-corrected chi connectivity index (χ4v) is 4.39. The third-order valence-corrected chi connectivity index (χ3v) is 6.22.